The zero-order chi connectivity index (χ0) is 20.8. The van der Waals surface area contributed by atoms with Crippen molar-refractivity contribution in [1.29, 1.82) is 0 Å². The summed E-state index contributed by atoms with van der Waals surface area (Å²) in [6, 6.07) is 5.50. The van der Waals surface area contributed by atoms with E-state index in [-0.39, 0.29) is 17.7 Å². The van der Waals surface area contributed by atoms with Crippen molar-refractivity contribution in [2.75, 3.05) is 30.3 Å². The molecule has 3 rings (SSSR count). The molecule has 1 atom stereocenters. The molecule has 1 fully saturated rings. The molecule has 8 heteroatoms. The predicted molar refractivity (Wildman–Crippen MR) is 115 cm³/mol. The summed E-state index contributed by atoms with van der Waals surface area (Å²) in [6.07, 6.45) is 6.81. The van der Waals surface area contributed by atoms with Gasteiger partial charge < -0.3 is 10.6 Å². The summed E-state index contributed by atoms with van der Waals surface area (Å²) in [5.74, 6) is -0.369. The van der Waals surface area contributed by atoms with E-state index < -0.39 is 0 Å². The first-order valence-corrected chi connectivity index (χ1v) is 10.4. The summed E-state index contributed by atoms with van der Waals surface area (Å²) in [5.41, 5.74) is 2.37. The number of anilines is 2. The van der Waals surface area contributed by atoms with Gasteiger partial charge in [0.25, 0.3) is 0 Å². The first-order chi connectivity index (χ1) is 13.9. The molecular formula is C21H28ClN5O2. The number of benzene rings is 1. The second-order valence-corrected chi connectivity index (χ2v) is 8.12. The fourth-order valence-corrected chi connectivity index (χ4v) is 3.62. The van der Waals surface area contributed by atoms with Crippen molar-refractivity contribution in [2.45, 2.75) is 39.7 Å². The maximum atomic E-state index is 12.5. The fraction of sp³-hybridized carbons (Fsp3) is 0.476. The molecule has 0 bridgehead atoms. The smallest absolute Gasteiger partial charge is 0.238 e. The van der Waals surface area contributed by atoms with Gasteiger partial charge >= 0.3 is 0 Å². The number of amides is 2. The molecular weight excluding hydrogens is 390 g/mol. The Hall–Kier alpha value is -2.38. The van der Waals surface area contributed by atoms with Crippen LogP contribution in [0, 0.1) is 12.8 Å². The summed E-state index contributed by atoms with van der Waals surface area (Å²) in [7, 11) is 0. The van der Waals surface area contributed by atoms with Gasteiger partial charge in [0.2, 0.25) is 11.8 Å². The van der Waals surface area contributed by atoms with Gasteiger partial charge in [0, 0.05) is 17.6 Å². The summed E-state index contributed by atoms with van der Waals surface area (Å²) in [5, 5.41) is 10.5. The van der Waals surface area contributed by atoms with Gasteiger partial charge in [-0.2, -0.15) is 5.10 Å². The normalized spacial score (nSPS) is 15.7. The topological polar surface area (TPSA) is 79.3 Å². The van der Waals surface area contributed by atoms with Crippen LogP contribution in [0.1, 0.15) is 31.7 Å². The SMILES string of the molecule is Cc1cc(NC(=O)C(C)Cn2cc(Cl)cn2)ccc1NC(=O)CN1CCCCC1. The molecule has 0 aliphatic carbocycles. The van der Waals surface area contributed by atoms with Crippen LogP contribution in [0.5, 0.6) is 0 Å². The van der Waals surface area contributed by atoms with Gasteiger partial charge in [0.05, 0.1) is 30.2 Å². The van der Waals surface area contributed by atoms with E-state index in [1.54, 1.807) is 23.1 Å². The zero-order valence-electron chi connectivity index (χ0n) is 16.9. The van der Waals surface area contributed by atoms with Crippen molar-refractivity contribution in [1.82, 2.24) is 14.7 Å². The number of nitrogens with zero attached hydrogens (tertiary/aromatic N) is 3. The Labute approximate surface area is 176 Å². The van der Waals surface area contributed by atoms with Gasteiger partial charge in [-0.1, -0.05) is 24.9 Å². The van der Waals surface area contributed by atoms with Crippen LogP contribution in [-0.2, 0) is 16.1 Å². The van der Waals surface area contributed by atoms with Crippen LogP contribution in [0.3, 0.4) is 0 Å². The number of piperidine rings is 1. The van der Waals surface area contributed by atoms with Crippen molar-refractivity contribution in [3.8, 4) is 0 Å². The molecule has 1 aliphatic heterocycles. The summed E-state index contributed by atoms with van der Waals surface area (Å²) in [6.45, 7) is 6.60. The lowest BCUT2D eigenvalue weighted by Gasteiger charge is -2.25. The third-order valence-corrected chi connectivity index (χ3v) is 5.29. The van der Waals surface area contributed by atoms with E-state index in [1.165, 1.54) is 6.42 Å². The molecule has 2 heterocycles. The number of hydrogen-bond acceptors (Lipinski definition) is 4. The summed E-state index contributed by atoms with van der Waals surface area (Å²) < 4.78 is 1.65. The first-order valence-electron chi connectivity index (χ1n) is 10.0. The Balaban J connectivity index is 1.52. The molecule has 1 aromatic heterocycles. The van der Waals surface area contributed by atoms with E-state index in [1.807, 2.05) is 26.0 Å². The third kappa shape index (κ3) is 6.30. The van der Waals surface area contributed by atoms with E-state index in [2.05, 4.69) is 20.6 Å². The molecule has 1 aromatic carbocycles. The molecule has 0 radical (unpaired) electrons. The third-order valence-electron chi connectivity index (χ3n) is 5.09. The Morgan fingerprint density at radius 2 is 1.97 bits per heavy atom. The molecule has 0 spiro atoms. The van der Waals surface area contributed by atoms with Crippen LogP contribution in [0.2, 0.25) is 5.02 Å². The Morgan fingerprint density at radius 3 is 2.62 bits per heavy atom. The zero-order valence-corrected chi connectivity index (χ0v) is 17.7. The monoisotopic (exact) mass is 417 g/mol. The minimum Gasteiger partial charge on any atom is -0.326 e. The van der Waals surface area contributed by atoms with Crippen molar-refractivity contribution < 1.29 is 9.59 Å². The molecule has 156 valence electrons. The molecule has 29 heavy (non-hydrogen) atoms. The van der Waals surface area contributed by atoms with Gasteiger partial charge in [0.1, 0.15) is 0 Å². The molecule has 1 unspecified atom stereocenters. The van der Waals surface area contributed by atoms with Gasteiger partial charge in [-0.3, -0.25) is 19.2 Å². The fourth-order valence-electron chi connectivity index (χ4n) is 3.46. The molecule has 2 amide bonds. The van der Waals surface area contributed by atoms with Crippen LogP contribution >= 0.6 is 11.6 Å². The van der Waals surface area contributed by atoms with Crippen molar-refractivity contribution in [2.24, 2.45) is 5.92 Å². The van der Waals surface area contributed by atoms with Crippen LogP contribution in [-0.4, -0.2) is 46.1 Å². The second-order valence-electron chi connectivity index (χ2n) is 7.69. The Bertz CT molecular complexity index is 861. The predicted octanol–water partition coefficient (Wildman–Crippen LogP) is 3.54. The number of nitrogens with one attached hydrogen (secondary N) is 2. The van der Waals surface area contributed by atoms with Crippen molar-refractivity contribution >= 4 is 34.8 Å². The summed E-state index contributed by atoms with van der Waals surface area (Å²) >= 11 is 5.86. The van der Waals surface area contributed by atoms with Crippen molar-refractivity contribution in [3.05, 3.63) is 41.2 Å². The lowest BCUT2D eigenvalue weighted by Crippen LogP contribution is -2.36. The number of aromatic nitrogens is 2. The van der Waals surface area contributed by atoms with Crippen LogP contribution in [0.25, 0.3) is 0 Å². The highest BCUT2D eigenvalue weighted by Gasteiger charge is 2.16. The first kappa shape index (κ1) is 21.3. The van der Waals surface area contributed by atoms with E-state index in [4.69, 9.17) is 11.6 Å². The lowest BCUT2D eigenvalue weighted by atomic mass is 10.1. The number of rotatable bonds is 7. The minimum atomic E-state index is -0.268. The van der Waals surface area contributed by atoms with Crippen LogP contribution in [0.15, 0.2) is 30.6 Å². The molecule has 1 aliphatic rings. The number of aryl methyl sites for hydroxylation is 1. The molecule has 1 saturated heterocycles. The van der Waals surface area contributed by atoms with E-state index in [9.17, 15) is 9.59 Å². The highest BCUT2D eigenvalue weighted by atomic mass is 35.5. The molecule has 2 aromatic rings. The van der Waals surface area contributed by atoms with E-state index in [0.717, 1.165) is 37.2 Å². The lowest BCUT2D eigenvalue weighted by molar-refractivity contribution is -0.120. The van der Waals surface area contributed by atoms with Gasteiger partial charge in [0.15, 0.2) is 0 Å². The number of carbonyl (C=O) groups is 2. The maximum absolute atomic E-state index is 12.5. The van der Waals surface area contributed by atoms with Gasteiger partial charge in [-0.15, -0.1) is 0 Å². The van der Waals surface area contributed by atoms with Crippen LogP contribution < -0.4 is 10.6 Å². The second kappa shape index (κ2) is 9.89. The quantitative estimate of drug-likeness (QED) is 0.722. The average molecular weight is 418 g/mol. The molecule has 2 N–H and O–H groups in total. The number of carbonyl (C=O) groups excluding carboxylic acids is 2. The minimum absolute atomic E-state index is 0.00158. The Morgan fingerprint density at radius 1 is 1.21 bits per heavy atom. The number of hydrogen-bond donors (Lipinski definition) is 2. The number of halogens is 1. The number of likely N-dealkylation sites (tertiary alicyclic amines) is 1. The molecule has 0 saturated carbocycles. The Kier molecular flexibility index (Phi) is 7.28. The summed E-state index contributed by atoms with van der Waals surface area (Å²) in [4.78, 5) is 27.0. The highest BCUT2D eigenvalue weighted by molar-refractivity contribution is 6.30. The van der Waals surface area contributed by atoms with Crippen molar-refractivity contribution in [3.63, 3.8) is 0 Å². The maximum Gasteiger partial charge on any atom is 0.238 e. The van der Waals surface area contributed by atoms with Gasteiger partial charge in [-0.25, -0.2) is 0 Å². The van der Waals surface area contributed by atoms with Gasteiger partial charge in [-0.05, 0) is 56.6 Å². The van der Waals surface area contributed by atoms with E-state index >= 15 is 0 Å². The largest absolute Gasteiger partial charge is 0.326 e. The highest BCUT2D eigenvalue weighted by Crippen LogP contribution is 2.21. The van der Waals surface area contributed by atoms with Crippen LogP contribution in [0.4, 0.5) is 11.4 Å². The standard InChI is InChI=1S/C21H28ClN5O2/c1-15-10-18(24-21(29)16(2)12-27-13-17(22)11-23-27)6-7-19(15)25-20(28)14-26-8-4-3-5-9-26/h6-7,10-11,13,16H,3-5,8-9,12,14H2,1-2H3,(H,24,29)(H,25,28). The molecule has 7 nitrogen and oxygen atoms in total. The average Bonchev–Trinajstić information content (AvgIpc) is 3.09. The van der Waals surface area contributed by atoms with E-state index in [0.29, 0.717) is 23.8 Å².